The molecule has 0 amide bonds. The molecule has 0 aromatic rings. The molecule has 0 fully saturated rings. The molecule has 140 valence electrons. The molecule has 2 atom stereocenters. The van der Waals surface area contributed by atoms with Crippen molar-refractivity contribution in [3.05, 3.63) is 0 Å². The number of carboxylic acids is 2. The summed E-state index contributed by atoms with van der Waals surface area (Å²) in [4.78, 5) is 20.2. The minimum atomic E-state index is -1.25. The van der Waals surface area contributed by atoms with Gasteiger partial charge in [0.05, 0.1) is 11.9 Å². The van der Waals surface area contributed by atoms with Gasteiger partial charge in [0.2, 0.25) is 0 Å². The summed E-state index contributed by atoms with van der Waals surface area (Å²) in [5.74, 6) is -2.76. The Bertz CT molecular complexity index is 386. The Morgan fingerprint density at radius 1 is 0.840 bits per heavy atom. The van der Waals surface area contributed by atoms with Crippen molar-refractivity contribution in [2.24, 2.45) is 22.9 Å². The summed E-state index contributed by atoms with van der Waals surface area (Å²) < 4.78 is 0. The van der Waals surface area contributed by atoms with E-state index in [4.69, 9.17) is 33.8 Å². The van der Waals surface area contributed by atoms with Gasteiger partial charge in [-0.15, -0.1) is 0 Å². The van der Waals surface area contributed by atoms with E-state index in [9.17, 15) is 19.8 Å². The normalized spacial score (nSPS) is 11.6. The molecule has 25 heavy (non-hydrogen) atoms. The number of hydrogen-bond acceptors (Lipinski definition) is 8. The largest absolute Gasteiger partial charge is 2.00 e. The van der Waals surface area contributed by atoms with Crippen molar-refractivity contribution in [2.75, 3.05) is 13.1 Å². The molecule has 0 aliphatic heterocycles. The van der Waals surface area contributed by atoms with Crippen molar-refractivity contribution < 1.29 is 19.8 Å². The fourth-order valence-corrected chi connectivity index (χ4v) is 1.33. The van der Waals surface area contributed by atoms with Gasteiger partial charge in [0.1, 0.15) is 0 Å². The number of guanidine groups is 2. The molecule has 0 bridgehead atoms. The van der Waals surface area contributed by atoms with Gasteiger partial charge in [-0.1, -0.05) is 0 Å². The van der Waals surface area contributed by atoms with Crippen molar-refractivity contribution in [1.29, 1.82) is 10.8 Å². The van der Waals surface area contributed by atoms with Crippen molar-refractivity contribution in [3.63, 3.8) is 0 Å². The van der Waals surface area contributed by atoms with Gasteiger partial charge in [0.25, 0.3) is 0 Å². The molecule has 0 spiro atoms. The number of rotatable bonds is 10. The monoisotopic (exact) mass is 386 g/mol. The van der Waals surface area contributed by atoms with Crippen LogP contribution in [-0.4, -0.2) is 86.8 Å². The first-order valence-corrected chi connectivity index (χ1v) is 7.16. The Kier molecular flexibility index (Phi) is 19.9. The van der Waals surface area contributed by atoms with Gasteiger partial charge in [-0.2, -0.15) is 0 Å². The Morgan fingerprint density at radius 2 is 1.12 bits per heavy atom. The molecule has 0 rings (SSSR count). The third kappa shape index (κ3) is 22.7. The quantitative estimate of drug-likeness (QED) is 0.0763. The van der Waals surface area contributed by atoms with Crippen molar-refractivity contribution in [2.45, 2.75) is 37.8 Å². The molecule has 0 aromatic heterocycles. The molecule has 0 saturated heterocycles. The second-order valence-corrected chi connectivity index (χ2v) is 4.82. The molecule has 0 aromatic carbocycles. The van der Waals surface area contributed by atoms with E-state index in [0.29, 0.717) is 38.8 Å². The van der Waals surface area contributed by atoms with E-state index < -0.39 is 24.0 Å². The first-order chi connectivity index (χ1) is 11.1. The molecular formula is C12H26CaN8O4. The number of nitrogens with two attached hydrogens (primary N) is 4. The Labute approximate surface area is 176 Å². The van der Waals surface area contributed by atoms with E-state index in [1.54, 1.807) is 0 Å². The molecular weight excluding hydrogens is 360 g/mol. The summed E-state index contributed by atoms with van der Waals surface area (Å²) in [6.07, 6.45) is 1.74. The number of aliphatic carboxylic acids is 2. The molecule has 0 aliphatic rings. The van der Waals surface area contributed by atoms with Crippen LogP contribution in [0.15, 0.2) is 0 Å². The van der Waals surface area contributed by atoms with E-state index in [0.717, 1.165) is 0 Å². The minimum absolute atomic E-state index is 0. The maximum absolute atomic E-state index is 10.1. The smallest absolute Gasteiger partial charge is 0.548 e. The Balaban J connectivity index is -0.000000372. The van der Waals surface area contributed by atoms with Gasteiger partial charge in [0, 0.05) is 25.2 Å². The maximum atomic E-state index is 10.1. The number of carbonyl (C=O) groups excluding carboxylic acids is 2. The first-order valence-electron chi connectivity index (χ1n) is 7.16. The third-order valence-electron chi connectivity index (χ3n) is 2.62. The fourth-order valence-electron chi connectivity index (χ4n) is 1.33. The van der Waals surface area contributed by atoms with E-state index in [1.807, 2.05) is 0 Å². The molecule has 0 radical (unpaired) electrons. The predicted molar refractivity (Wildman–Crippen MR) is 90.0 cm³/mol. The number of carboxylic acid groups (broad SMARTS) is 2. The Morgan fingerprint density at radius 3 is 1.32 bits per heavy atom. The molecule has 12 nitrogen and oxygen atoms in total. The van der Waals surface area contributed by atoms with Crippen LogP contribution in [0, 0.1) is 10.8 Å². The molecule has 0 unspecified atom stereocenters. The van der Waals surface area contributed by atoms with Crippen LogP contribution in [0.2, 0.25) is 0 Å². The molecule has 13 heteroatoms. The summed E-state index contributed by atoms with van der Waals surface area (Å²) in [6.45, 7) is 0.909. The van der Waals surface area contributed by atoms with Crippen LogP contribution in [0.1, 0.15) is 25.7 Å². The van der Waals surface area contributed by atoms with Crippen molar-refractivity contribution in [1.82, 2.24) is 10.6 Å². The van der Waals surface area contributed by atoms with Crippen LogP contribution < -0.4 is 43.8 Å². The maximum Gasteiger partial charge on any atom is 2.00 e. The molecule has 12 N–H and O–H groups in total. The standard InChI is InChI=1S/2C6H14N4O2.Ca/c2*7-4(5(11)12)2-1-3-10-6(8)9;/h2*4H,1-3,7H2,(H,11,12)(H4,8,9,10);/q;;+2/p-2/t2*4-;/m00./s1. The zero-order chi connectivity index (χ0) is 19.1. The Hall–Kier alpha value is -1.34. The number of hydrogen-bond donors (Lipinski definition) is 8. The predicted octanol–water partition coefficient (Wildman–Crippen LogP) is -5.73. The summed E-state index contributed by atoms with van der Waals surface area (Å²) in [6, 6.07) is -1.86. The van der Waals surface area contributed by atoms with Crippen LogP contribution in [-0.2, 0) is 9.59 Å². The average Bonchev–Trinajstić information content (AvgIpc) is 2.47. The van der Waals surface area contributed by atoms with Gasteiger partial charge in [-0.25, -0.2) is 0 Å². The van der Waals surface area contributed by atoms with Crippen molar-refractivity contribution >= 4 is 61.6 Å². The van der Waals surface area contributed by atoms with Gasteiger partial charge in [-0.05, 0) is 25.7 Å². The van der Waals surface area contributed by atoms with Gasteiger partial charge in [0.15, 0.2) is 11.9 Å². The number of carbonyl (C=O) groups is 2. The van der Waals surface area contributed by atoms with E-state index >= 15 is 0 Å². The van der Waals surface area contributed by atoms with E-state index in [-0.39, 0.29) is 49.7 Å². The molecule has 0 saturated carbocycles. The SMILES string of the molecule is N=C(N)NCCC[C@H](N)C(=O)[O-].N=C(N)NCCC[C@H](N)C(=O)[O-].[Ca+2]. The summed E-state index contributed by atoms with van der Waals surface area (Å²) in [5, 5.41) is 38.8. The van der Waals surface area contributed by atoms with Gasteiger partial charge in [-0.3, -0.25) is 10.8 Å². The zero-order valence-electron chi connectivity index (χ0n) is 14.0. The summed E-state index contributed by atoms with van der Waals surface area (Å²) in [7, 11) is 0. The van der Waals surface area contributed by atoms with Crippen LogP contribution >= 0.6 is 0 Å². The summed E-state index contributed by atoms with van der Waals surface area (Å²) >= 11 is 0. The van der Waals surface area contributed by atoms with Crippen LogP contribution in [0.3, 0.4) is 0 Å². The van der Waals surface area contributed by atoms with Gasteiger partial charge >= 0.3 is 37.7 Å². The minimum Gasteiger partial charge on any atom is -0.548 e. The van der Waals surface area contributed by atoms with E-state index in [2.05, 4.69) is 10.6 Å². The van der Waals surface area contributed by atoms with Crippen LogP contribution in [0.5, 0.6) is 0 Å². The fraction of sp³-hybridized carbons (Fsp3) is 0.667. The molecule has 0 heterocycles. The topological polar surface area (TPSA) is 256 Å². The average molecular weight is 386 g/mol. The second-order valence-electron chi connectivity index (χ2n) is 4.82. The van der Waals surface area contributed by atoms with Crippen molar-refractivity contribution in [3.8, 4) is 0 Å². The zero-order valence-corrected chi connectivity index (χ0v) is 16.3. The van der Waals surface area contributed by atoms with E-state index in [1.165, 1.54) is 0 Å². The second kappa shape index (κ2) is 17.5. The third-order valence-corrected chi connectivity index (χ3v) is 2.62. The first kappa shape index (κ1) is 28.5. The molecule has 0 aliphatic carbocycles. The van der Waals surface area contributed by atoms with Crippen LogP contribution in [0.4, 0.5) is 0 Å². The van der Waals surface area contributed by atoms with Crippen LogP contribution in [0.25, 0.3) is 0 Å². The number of nitrogens with one attached hydrogen (secondary N) is 4. The van der Waals surface area contributed by atoms with Gasteiger partial charge < -0.3 is 53.4 Å². The summed E-state index contributed by atoms with van der Waals surface area (Å²) in [5.41, 5.74) is 20.3.